The van der Waals surface area contributed by atoms with Crippen molar-refractivity contribution in [1.82, 2.24) is 0 Å². The molecule has 18 heavy (non-hydrogen) atoms. The molecule has 1 aliphatic carbocycles. The number of benzene rings is 1. The van der Waals surface area contributed by atoms with Crippen LogP contribution in [0.5, 0.6) is 0 Å². The average molecular weight is 242 g/mol. The fourth-order valence-electron chi connectivity index (χ4n) is 3.05. The SMILES string of the molecule is C/C(Cc1ccccc1)=C(/C)CC1CCCCC1. The molecule has 0 saturated heterocycles. The Bertz CT molecular complexity index is 380. The van der Waals surface area contributed by atoms with Crippen LogP contribution >= 0.6 is 0 Å². The maximum atomic E-state index is 2.34. The van der Waals surface area contributed by atoms with Gasteiger partial charge in [0.15, 0.2) is 0 Å². The number of allylic oxidation sites excluding steroid dienone is 2. The van der Waals surface area contributed by atoms with Gasteiger partial charge >= 0.3 is 0 Å². The van der Waals surface area contributed by atoms with E-state index in [0.29, 0.717) is 0 Å². The Hall–Kier alpha value is -1.04. The van der Waals surface area contributed by atoms with Gasteiger partial charge in [-0.15, -0.1) is 0 Å². The first-order valence-electron chi connectivity index (χ1n) is 7.45. The average Bonchev–Trinajstić information content (AvgIpc) is 2.41. The molecule has 2 rings (SSSR count). The number of rotatable bonds is 4. The van der Waals surface area contributed by atoms with E-state index in [0.717, 1.165) is 12.3 Å². The van der Waals surface area contributed by atoms with Gasteiger partial charge in [-0.05, 0) is 38.2 Å². The van der Waals surface area contributed by atoms with E-state index in [1.165, 1.54) is 44.1 Å². The molecule has 0 unspecified atom stereocenters. The van der Waals surface area contributed by atoms with Crippen molar-refractivity contribution in [2.75, 3.05) is 0 Å². The molecule has 1 aromatic carbocycles. The molecular weight excluding hydrogens is 216 g/mol. The molecule has 0 aromatic heterocycles. The number of hydrogen-bond donors (Lipinski definition) is 0. The highest BCUT2D eigenvalue weighted by Crippen LogP contribution is 2.30. The summed E-state index contributed by atoms with van der Waals surface area (Å²) in [5.41, 5.74) is 4.65. The molecule has 0 nitrogen and oxygen atoms in total. The highest BCUT2D eigenvalue weighted by molar-refractivity contribution is 5.23. The molecule has 0 amide bonds. The standard InChI is InChI=1S/C18H26/c1-15(13-17-9-5-3-6-10-17)16(2)14-18-11-7-4-8-12-18/h3,5-6,9-10,18H,4,7-8,11-14H2,1-2H3/b16-15+. The Kier molecular flexibility index (Phi) is 5.04. The van der Waals surface area contributed by atoms with Gasteiger partial charge in [0.05, 0.1) is 0 Å². The van der Waals surface area contributed by atoms with Crippen molar-refractivity contribution in [3.05, 3.63) is 47.0 Å². The molecule has 1 fully saturated rings. The molecule has 0 heteroatoms. The third kappa shape index (κ3) is 4.01. The summed E-state index contributed by atoms with van der Waals surface area (Å²) in [7, 11) is 0. The topological polar surface area (TPSA) is 0 Å². The monoisotopic (exact) mass is 242 g/mol. The lowest BCUT2D eigenvalue weighted by Crippen LogP contribution is -2.07. The highest BCUT2D eigenvalue weighted by Gasteiger charge is 2.14. The summed E-state index contributed by atoms with van der Waals surface area (Å²) in [4.78, 5) is 0. The quantitative estimate of drug-likeness (QED) is 0.608. The Labute approximate surface area is 112 Å². The van der Waals surface area contributed by atoms with Gasteiger partial charge in [0.2, 0.25) is 0 Å². The van der Waals surface area contributed by atoms with Crippen LogP contribution in [0.15, 0.2) is 41.5 Å². The Balaban J connectivity index is 1.92. The van der Waals surface area contributed by atoms with Crippen molar-refractivity contribution < 1.29 is 0 Å². The van der Waals surface area contributed by atoms with Gasteiger partial charge in [0, 0.05) is 0 Å². The van der Waals surface area contributed by atoms with Crippen LogP contribution in [0.25, 0.3) is 0 Å². The zero-order valence-electron chi connectivity index (χ0n) is 11.9. The summed E-state index contributed by atoms with van der Waals surface area (Å²) in [5, 5.41) is 0. The summed E-state index contributed by atoms with van der Waals surface area (Å²) >= 11 is 0. The minimum Gasteiger partial charge on any atom is -0.0738 e. The maximum absolute atomic E-state index is 2.34. The summed E-state index contributed by atoms with van der Waals surface area (Å²) in [6, 6.07) is 10.8. The normalized spacial score (nSPS) is 18.6. The van der Waals surface area contributed by atoms with E-state index in [2.05, 4.69) is 44.2 Å². The Morgan fingerprint density at radius 1 is 0.944 bits per heavy atom. The lowest BCUT2D eigenvalue weighted by molar-refractivity contribution is 0.355. The molecule has 0 spiro atoms. The van der Waals surface area contributed by atoms with Gasteiger partial charge in [-0.3, -0.25) is 0 Å². The second-order valence-electron chi connectivity index (χ2n) is 5.93. The van der Waals surface area contributed by atoms with Gasteiger partial charge < -0.3 is 0 Å². The van der Waals surface area contributed by atoms with E-state index in [-0.39, 0.29) is 0 Å². The van der Waals surface area contributed by atoms with Crippen LogP contribution in [0.2, 0.25) is 0 Å². The molecule has 1 saturated carbocycles. The first-order valence-corrected chi connectivity index (χ1v) is 7.45. The molecule has 0 atom stereocenters. The smallest absolute Gasteiger partial charge is 0.00673 e. The summed E-state index contributed by atoms with van der Waals surface area (Å²) in [6.07, 6.45) is 9.73. The first-order chi connectivity index (χ1) is 8.75. The van der Waals surface area contributed by atoms with Crippen molar-refractivity contribution in [2.24, 2.45) is 5.92 Å². The van der Waals surface area contributed by atoms with Crippen LogP contribution in [0.4, 0.5) is 0 Å². The van der Waals surface area contributed by atoms with Crippen LogP contribution in [0.1, 0.15) is 57.9 Å². The van der Waals surface area contributed by atoms with Gasteiger partial charge in [-0.2, -0.15) is 0 Å². The lowest BCUT2D eigenvalue weighted by Gasteiger charge is -2.22. The van der Waals surface area contributed by atoms with E-state index >= 15 is 0 Å². The van der Waals surface area contributed by atoms with Crippen molar-refractivity contribution in [3.63, 3.8) is 0 Å². The minimum atomic E-state index is 0.962. The van der Waals surface area contributed by atoms with E-state index < -0.39 is 0 Å². The Morgan fingerprint density at radius 3 is 2.28 bits per heavy atom. The van der Waals surface area contributed by atoms with Crippen LogP contribution in [0.3, 0.4) is 0 Å². The minimum absolute atomic E-state index is 0.962. The molecule has 98 valence electrons. The molecule has 0 aliphatic heterocycles. The molecule has 0 bridgehead atoms. The van der Waals surface area contributed by atoms with Gasteiger partial charge in [0.1, 0.15) is 0 Å². The third-order valence-electron chi connectivity index (χ3n) is 4.36. The first kappa shape index (κ1) is 13.4. The van der Waals surface area contributed by atoms with Gasteiger partial charge in [0.25, 0.3) is 0 Å². The molecule has 1 aromatic rings. The largest absolute Gasteiger partial charge is 0.0738 e. The number of hydrogen-bond acceptors (Lipinski definition) is 0. The van der Waals surface area contributed by atoms with Gasteiger partial charge in [-0.1, -0.05) is 73.6 Å². The molecule has 0 heterocycles. The van der Waals surface area contributed by atoms with Crippen molar-refractivity contribution in [1.29, 1.82) is 0 Å². The van der Waals surface area contributed by atoms with Crippen LogP contribution in [-0.2, 0) is 6.42 Å². The molecule has 0 radical (unpaired) electrons. The highest BCUT2D eigenvalue weighted by atomic mass is 14.2. The van der Waals surface area contributed by atoms with Crippen molar-refractivity contribution in [2.45, 2.75) is 58.8 Å². The van der Waals surface area contributed by atoms with Crippen LogP contribution in [-0.4, -0.2) is 0 Å². The second kappa shape index (κ2) is 6.78. The zero-order chi connectivity index (χ0) is 12.8. The Morgan fingerprint density at radius 2 is 1.61 bits per heavy atom. The third-order valence-corrected chi connectivity index (χ3v) is 4.36. The lowest BCUT2D eigenvalue weighted by atomic mass is 9.83. The van der Waals surface area contributed by atoms with E-state index in [4.69, 9.17) is 0 Å². The fourth-order valence-corrected chi connectivity index (χ4v) is 3.05. The zero-order valence-corrected chi connectivity index (χ0v) is 11.9. The van der Waals surface area contributed by atoms with E-state index in [1.807, 2.05) is 0 Å². The predicted octanol–water partition coefficient (Wildman–Crippen LogP) is 5.54. The van der Waals surface area contributed by atoms with E-state index in [1.54, 1.807) is 11.1 Å². The summed E-state index contributed by atoms with van der Waals surface area (Å²) in [5.74, 6) is 0.962. The van der Waals surface area contributed by atoms with Crippen LogP contribution in [0, 0.1) is 5.92 Å². The van der Waals surface area contributed by atoms with E-state index in [9.17, 15) is 0 Å². The van der Waals surface area contributed by atoms with Crippen molar-refractivity contribution in [3.8, 4) is 0 Å². The maximum Gasteiger partial charge on any atom is -0.00673 e. The summed E-state index contributed by atoms with van der Waals surface area (Å²) in [6.45, 7) is 4.65. The molecule has 0 N–H and O–H groups in total. The fraction of sp³-hybridized carbons (Fsp3) is 0.556. The predicted molar refractivity (Wildman–Crippen MR) is 79.7 cm³/mol. The second-order valence-corrected chi connectivity index (χ2v) is 5.93. The molecule has 1 aliphatic rings. The summed E-state index contributed by atoms with van der Waals surface area (Å²) < 4.78 is 0. The molecular formula is C18H26. The van der Waals surface area contributed by atoms with Gasteiger partial charge in [-0.25, -0.2) is 0 Å². The van der Waals surface area contributed by atoms with Crippen molar-refractivity contribution >= 4 is 0 Å². The van der Waals surface area contributed by atoms with Crippen LogP contribution < -0.4 is 0 Å².